The molecule has 3 aromatic rings. The molecule has 1 fully saturated rings. The van der Waals surface area contributed by atoms with E-state index in [1.54, 1.807) is 30.3 Å². The number of hydrogen-bond acceptors (Lipinski definition) is 6. The van der Waals surface area contributed by atoms with Gasteiger partial charge < -0.3 is 9.84 Å². The highest BCUT2D eigenvalue weighted by Crippen LogP contribution is 2.36. The number of rotatable bonds is 6. The Hall–Kier alpha value is -2.71. The lowest BCUT2D eigenvalue weighted by molar-refractivity contribution is -0.131. The predicted molar refractivity (Wildman–Crippen MR) is 112 cm³/mol. The molecular formula is C22H24N2O5S. The molecule has 0 bridgehead atoms. The van der Waals surface area contributed by atoms with E-state index in [1.807, 2.05) is 0 Å². The number of esters is 1. The second kappa shape index (κ2) is 8.20. The van der Waals surface area contributed by atoms with Crippen molar-refractivity contribution in [2.75, 3.05) is 0 Å². The zero-order valence-corrected chi connectivity index (χ0v) is 17.5. The van der Waals surface area contributed by atoms with E-state index in [2.05, 4.69) is 4.98 Å². The second-order valence-electron chi connectivity index (χ2n) is 7.73. The van der Waals surface area contributed by atoms with Crippen LogP contribution in [0, 0.1) is 5.92 Å². The summed E-state index contributed by atoms with van der Waals surface area (Å²) >= 11 is 0. The second-order valence-corrected chi connectivity index (χ2v) is 9.52. The van der Waals surface area contributed by atoms with Gasteiger partial charge in [0.2, 0.25) is 0 Å². The Kier molecular flexibility index (Phi) is 5.62. The van der Waals surface area contributed by atoms with Crippen LogP contribution in [0.25, 0.3) is 11.0 Å². The quantitative estimate of drug-likeness (QED) is 0.600. The molecule has 0 aliphatic heterocycles. The Bertz CT molecular complexity index is 1160. The van der Waals surface area contributed by atoms with E-state index in [9.17, 15) is 18.3 Å². The lowest BCUT2D eigenvalue weighted by atomic mass is 9.98. The monoisotopic (exact) mass is 428 g/mol. The van der Waals surface area contributed by atoms with Gasteiger partial charge in [0.25, 0.3) is 10.0 Å². The Morgan fingerprint density at radius 1 is 1.23 bits per heavy atom. The maximum Gasteiger partial charge on any atom is 0.308 e. The minimum absolute atomic E-state index is 0.114. The van der Waals surface area contributed by atoms with E-state index in [1.165, 1.54) is 25.3 Å². The van der Waals surface area contributed by atoms with E-state index >= 15 is 0 Å². The molecule has 0 spiro atoms. The van der Waals surface area contributed by atoms with E-state index in [0.29, 0.717) is 17.7 Å². The molecule has 1 N–H and O–H groups in total. The van der Waals surface area contributed by atoms with Gasteiger partial charge in [0, 0.05) is 12.3 Å². The van der Waals surface area contributed by atoms with Crippen molar-refractivity contribution < 1.29 is 23.1 Å². The number of aliphatic hydroxyl groups excluding tert-OH is 1. The van der Waals surface area contributed by atoms with Crippen molar-refractivity contribution in [1.29, 1.82) is 0 Å². The van der Waals surface area contributed by atoms with Crippen LogP contribution in [0.3, 0.4) is 0 Å². The third kappa shape index (κ3) is 3.97. The smallest absolute Gasteiger partial charge is 0.308 e. The fourth-order valence-electron chi connectivity index (χ4n) is 4.16. The number of fused-ring (bicyclic) bond motifs is 1. The van der Waals surface area contributed by atoms with Crippen LogP contribution in [0.4, 0.5) is 0 Å². The summed E-state index contributed by atoms with van der Waals surface area (Å²) in [5, 5.41) is 11.5. The molecule has 0 saturated heterocycles. The zero-order valence-electron chi connectivity index (χ0n) is 16.7. The minimum atomic E-state index is -3.98. The first-order chi connectivity index (χ1) is 14.4. The maximum atomic E-state index is 13.5. The number of hydrogen-bond donors (Lipinski definition) is 1. The van der Waals surface area contributed by atoms with E-state index in [4.69, 9.17) is 4.74 Å². The van der Waals surface area contributed by atoms with Crippen molar-refractivity contribution in [3.8, 4) is 5.75 Å². The summed E-state index contributed by atoms with van der Waals surface area (Å²) in [4.78, 5) is 15.6. The molecular weight excluding hydrogens is 404 g/mol. The van der Waals surface area contributed by atoms with Crippen molar-refractivity contribution in [2.24, 2.45) is 5.92 Å². The lowest BCUT2D eigenvalue weighted by Gasteiger charge is -2.18. The number of benzene rings is 1. The first-order valence-electron chi connectivity index (χ1n) is 10.0. The van der Waals surface area contributed by atoms with Gasteiger partial charge >= 0.3 is 5.97 Å². The summed E-state index contributed by atoms with van der Waals surface area (Å²) in [6.07, 6.45) is 5.21. The molecule has 158 valence electrons. The van der Waals surface area contributed by atoms with Crippen molar-refractivity contribution >= 4 is 27.0 Å². The van der Waals surface area contributed by atoms with Crippen LogP contribution in [-0.4, -0.2) is 28.5 Å². The first-order valence-corrected chi connectivity index (χ1v) is 11.5. The molecule has 7 nitrogen and oxygen atoms in total. The number of ether oxygens (including phenoxy) is 1. The number of carbonyl (C=O) groups excluding carboxylic acids is 1. The predicted octanol–water partition coefficient (Wildman–Crippen LogP) is 3.81. The average molecular weight is 429 g/mol. The van der Waals surface area contributed by atoms with Crippen LogP contribution in [0.15, 0.2) is 53.6 Å². The number of pyridine rings is 1. The molecule has 1 unspecified atom stereocenters. The largest absolute Gasteiger partial charge is 0.425 e. The first kappa shape index (κ1) is 20.6. The zero-order chi connectivity index (χ0) is 21.3. The van der Waals surface area contributed by atoms with Gasteiger partial charge in [-0.2, -0.15) is 0 Å². The molecule has 0 amide bonds. The van der Waals surface area contributed by atoms with Crippen LogP contribution < -0.4 is 4.74 Å². The number of aliphatic hydroxyl groups is 1. The van der Waals surface area contributed by atoms with E-state index in [0.717, 1.165) is 29.7 Å². The third-order valence-electron chi connectivity index (χ3n) is 5.52. The van der Waals surface area contributed by atoms with Crippen LogP contribution in [-0.2, 0) is 14.8 Å². The molecule has 1 aromatic carbocycles. The van der Waals surface area contributed by atoms with Gasteiger partial charge in [-0.15, -0.1) is 0 Å². The molecule has 0 radical (unpaired) electrons. The molecule has 30 heavy (non-hydrogen) atoms. The average Bonchev–Trinajstić information content (AvgIpc) is 3.35. The van der Waals surface area contributed by atoms with Gasteiger partial charge in [-0.1, -0.05) is 43.9 Å². The summed E-state index contributed by atoms with van der Waals surface area (Å²) in [5.41, 5.74) is 0.462. The van der Waals surface area contributed by atoms with Gasteiger partial charge in [0.15, 0.2) is 5.65 Å². The third-order valence-corrected chi connectivity index (χ3v) is 7.25. The van der Waals surface area contributed by atoms with Gasteiger partial charge in [-0.3, -0.25) is 4.79 Å². The van der Waals surface area contributed by atoms with Gasteiger partial charge in [-0.25, -0.2) is 17.4 Å². The summed E-state index contributed by atoms with van der Waals surface area (Å²) in [6, 6.07) is 11.3. The molecule has 4 rings (SSSR count). The number of carbonyl (C=O) groups is 1. The van der Waals surface area contributed by atoms with Crippen molar-refractivity contribution in [2.45, 2.75) is 50.0 Å². The Labute approximate surface area is 175 Å². The SMILES string of the molecule is CC(=O)Oc1cnc2c(c1)cc(C(O)CC1CCCC1)n2S(=O)(=O)c1ccccc1. The van der Waals surface area contributed by atoms with Crippen LogP contribution in [0.1, 0.15) is 50.8 Å². The molecule has 2 aromatic heterocycles. The summed E-state index contributed by atoms with van der Waals surface area (Å²) < 4.78 is 33.1. The summed E-state index contributed by atoms with van der Waals surface area (Å²) in [7, 11) is -3.98. The standard InChI is InChI=1S/C22H24N2O5S/c1-15(25)29-18-12-17-13-20(21(26)11-16-7-5-6-8-16)24(22(17)23-14-18)30(27,28)19-9-3-2-4-10-19/h2-4,9-10,12-14,16,21,26H,5-8,11H2,1H3. The van der Waals surface area contributed by atoms with Gasteiger partial charge in [-0.05, 0) is 36.6 Å². The topological polar surface area (TPSA) is 98.5 Å². The summed E-state index contributed by atoms with van der Waals surface area (Å²) in [5.74, 6) is 0.102. The highest BCUT2D eigenvalue weighted by molar-refractivity contribution is 7.90. The number of aromatic nitrogens is 2. The normalized spacial score (nSPS) is 16.1. The molecule has 8 heteroatoms. The Morgan fingerprint density at radius 2 is 1.93 bits per heavy atom. The minimum Gasteiger partial charge on any atom is -0.425 e. The Balaban J connectivity index is 1.85. The fourth-order valence-corrected chi connectivity index (χ4v) is 5.70. The number of nitrogens with zero attached hydrogens (tertiary/aromatic N) is 2. The van der Waals surface area contributed by atoms with Gasteiger partial charge in [0.1, 0.15) is 5.75 Å². The Morgan fingerprint density at radius 3 is 2.60 bits per heavy atom. The molecule has 1 aliphatic rings. The molecule has 1 atom stereocenters. The lowest BCUT2D eigenvalue weighted by Crippen LogP contribution is -2.19. The van der Waals surface area contributed by atoms with Crippen molar-refractivity contribution in [3.05, 3.63) is 54.4 Å². The maximum absolute atomic E-state index is 13.5. The molecule has 2 heterocycles. The van der Waals surface area contributed by atoms with Crippen LogP contribution >= 0.6 is 0 Å². The van der Waals surface area contributed by atoms with Crippen LogP contribution in [0.2, 0.25) is 0 Å². The highest BCUT2D eigenvalue weighted by Gasteiger charge is 2.29. The van der Waals surface area contributed by atoms with Crippen molar-refractivity contribution in [3.63, 3.8) is 0 Å². The molecule has 1 aliphatic carbocycles. The van der Waals surface area contributed by atoms with Gasteiger partial charge in [0.05, 0.1) is 22.9 Å². The van der Waals surface area contributed by atoms with E-state index < -0.39 is 22.1 Å². The fraction of sp³-hybridized carbons (Fsp3) is 0.364. The molecule has 1 saturated carbocycles. The van der Waals surface area contributed by atoms with E-state index in [-0.39, 0.29) is 22.0 Å². The highest BCUT2D eigenvalue weighted by atomic mass is 32.2. The summed E-state index contributed by atoms with van der Waals surface area (Å²) in [6.45, 7) is 1.28. The van der Waals surface area contributed by atoms with Crippen molar-refractivity contribution in [1.82, 2.24) is 8.96 Å². The van der Waals surface area contributed by atoms with Crippen LogP contribution in [0.5, 0.6) is 5.75 Å².